The Kier molecular flexibility index (Phi) is 7.67. The van der Waals surface area contributed by atoms with E-state index in [9.17, 15) is 13.2 Å². The van der Waals surface area contributed by atoms with Gasteiger partial charge in [-0.05, 0) is 43.0 Å². The number of rotatable bonds is 9. The predicted octanol–water partition coefficient (Wildman–Crippen LogP) is 3.47. The van der Waals surface area contributed by atoms with Crippen molar-refractivity contribution < 1.29 is 17.9 Å². The highest BCUT2D eigenvalue weighted by molar-refractivity contribution is 7.92. The minimum absolute atomic E-state index is 0.125. The molecule has 0 unspecified atom stereocenters. The molecule has 29 heavy (non-hydrogen) atoms. The van der Waals surface area contributed by atoms with Crippen molar-refractivity contribution in [2.24, 2.45) is 0 Å². The summed E-state index contributed by atoms with van der Waals surface area (Å²) in [6.07, 6.45) is 1.11. The van der Waals surface area contributed by atoms with E-state index >= 15 is 0 Å². The number of amides is 1. The average molecular weight is 419 g/mol. The Balaban J connectivity index is 2.07. The lowest BCUT2D eigenvalue weighted by atomic mass is 10.0. The molecular formula is C22H30N2O4S. The van der Waals surface area contributed by atoms with E-state index in [0.29, 0.717) is 5.69 Å². The van der Waals surface area contributed by atoms with Gasteiger partial charge in [-0.15, -0.1) is 0 Å². The zero-order valence-electron chi connectivity index (χ0n) is 17.7. The van der Waals surface area contributed by atoms with Crippen LogP contribution in [0.2, 0.25) is 0 Å². The Labute approximate surface area is 173 Å². The number of hydrogen-bond donors (Lipinski definition) is 1. The minimum atomic E-state index is -3.62. The van der Waals surface area contributed by atoms with Crippen LogP contribution in [-0.2, 0) is 14.8 Å². The molecule has 0 fully saturated rings. The van der Waals surface area contributed by atoms with E-state index in [1.54, 1.807) is 12.1 Å². The molecule has 0 bridgehead atoms. The molecule has 0 radical (unpaired) electrons. The smallest absolute Gasteiger partial charge is 0.241 e. The second kappa shape index (κ2) is 9.78. The number of anilines is 1. The zero-order valence-corrected chi connectivity index (χ0v) is 18.5. The van der Waals surface area contributed by atoms with Crippen LogP contribution in [-0.4, -0.2) is 39.8 Å². The van der Waals surface area contributed by atoms with Crippen LogP contribution >= 0.6 is 0 Å². The summed E-state index contributed by atoms with van der Waals surface area (Å²) in [5.41, 5.74) is 2.42. The molecule has 7 heteroatoms. The van der Waals surface area contributed by atoms with Gasteiger partial charge in [0.05, 0.1) is 18.0 Å². The number of benzene rings is 2. The summed E-state index contributed by atoms with van der Waals surface area (Å²) in [6, 6.07) is 14.6. The van der Waals surface area contributed by atoms with E-state index in [-0.39, 0.29) is 31.0 Å². The summed E-state index contributed by atoms with van der Waals surface area (Å²) in [5, 5.41) is 2.82. The summed E-state index contributed by atoms with van der Waals surface area (Å²) in [6.45, 7) is 7.77. The lowest BCUT2D eigenvalue weighted by molar-refractivity contribution is -0.120. The third-order valence-corrected chi connectivity index (χ3v) is 5.63. The number of para-hydroxylation sites is 2. The first-order chi connectivity index (χ1) is 13.6. The fraction of sp³-hybridized carbons (Fsp3) is 0.409. The highest BCUT2D eigenvalue weighted by atomic mass is 32.2. The Morgan fingerprint density at radius 3 is 2.31 bits per heavy atom. The first-order valence-electron chi connectivity index (χ1n) is 9.64. The zero-order chi connectivity index (χ0) is 21.6. The van der Waals surface area contributed by atoms with E-state index in [4.69, 9.17) is 4.74 Å². The number of sulfonamides is 1. The maximum Gasteiger partial charge on any atom is 0.241 e. The molecule has 0 aliphatic carbocycles. The van der Waals surface area contributed by atoms with Gasteiger partial charge in [-0.25, -0.2) is 8.42 Å². The maximum atomic E-state index is 12.6. The standard InChI is InChI=1S/C22H30N2O4S/c1-16(2)19-11-7-8-12-20(19)24(29(5,26)27)14-22(25)23-18(4)15-28-21-13-9-6-10-17(21)3/h6-13,16,18H,14-15H2,1-5H3,(H,23,25)/t18-/m1/s1. The highest BCUT2D eigenvalue weighted by Gasteiger charge is 2.24. The molecular weight excluding hydrogens is 388 g/mol. The van der Waals surface area contributed by atoms with Gasteiger partial charge in [-0.1, -0.05) is 50.2 Å². The van der Waals surface area contributed by atoms with E-state index in [1.807, 2.05) is 64.1 Å². The van der Waals surface area contributed by atoms with E-state index in [2.05, 4.69) is 5.32 Å². The summed E-state index contributed by atoms with van der Waals surface area (Å²) >= 11 is 0. The molecule has 158 valence electrons. The molecule has 0 aliphatic heterocycles. The van der Waals surface area contributed by atoms with Crippen LogP contribution < -0.4 is 14.4 Å². The van der Waals surface area contributed by atoms with Gasteiger partial charge in [0.2, 0.25) is 15.9 Å². The number of carbonyl (C=O) groups excluding carboxylic acids is 1. The topological polar surface area (TPSA) is 75.7 Å². The van der Waals surface area contributed by atoms with Gasteiger partial charge < -0.3 is 10.1 Å². The van der Waals surface area contributed by atoms with Crippen LogP contribution in [0.25, 0.3) is 0 Å². The van der Waals surface area contributed by atoms with E-state index in [0.717, 1.165) is 27.4 Å². The summed E-state index contributed by atoms with van der Waals surface area (Å²) in [7, 11) is -3.62. The van der Waals surface area contributed by atoms with Crippen molar-refractivity contribution >= 4 is 21.6 Å². The number of carbonyl (C=O) groups is 1. The van der Waals surface area contributed by atoms with Crippen molar-refractivity contribution in [3.8, 4) is 5.75 Å². The second-order valence-electron chi connectivity index (χ2n) is 7.53. The normalized spacial score (nSPS) is 12.5. The molecule has 0 saturated carbocycles. The SMILES string of the molecule is Cc1ccccc1OC[C@@H](C)NC(=O)CN(c1ccccc1C(C)C)S(C)(=O)=O. The third kappa shape index (κ3) is 6.49. The number of ether oxygens (including phenoxy) is 1. The fourth-order valence-electron chi connectivity index (χ4n) is 3.01. The molecule has 0 saturated heterocycles. The third-order valence-electron chi connectivity index (χ3n) is 4.50. The molecule has 2 aromatic carbocycles. The van der Waals surface area contributed by atoms with Gasteiger partial charge in [-0.3, -0.25) is 9.10 Å². The lowest BCUT2D eigenvalue weighted by Crippen LogP contribution is -2.45. The number of nitrogens with one attached hydrogen (secondary N) is 1. The summed E-state index contributed by atoms with van der Waals surface area (Å²) in [5.74, 6) is 0.507. The molecule has 1 N–H and O–H groups in total. The minimum Gasteiger partial charge on any atom is -0.491 e. The van der Waals surface area contributed by atoms with Crippen LogP contribution in [0, 0.1) is 6.92 Å². The van der Waals surface area contributed by atoms with E-state index < -0.39 is 10.0 Å². The molecule has 0 spiro atoms. The Morgan fingerprint density at radius 2 is 1.69 bits per heavy atom. The Morgan fingerprint density at radius 1 is 1.07 bits per heavy atom. The molecule has 1 amide bonds. The van der Waals surface area contributed by atoms with Crippen LogP contribution in [0.5, 0.6) is 5.75 Å². The van der Waals surface area contributed by atoms with Crippen molar-refractivity contribution in [1.29, 1.82) is 0 Å². The molecule has 0 aliphatic rings. The van der Waals surface area contributed by atoms with Crippen molar-refractivity contribution in [2.45, 2.75) is 39.7 Å². The molecule has 2 aromatic rings. The van der Waals surface area contributed by atoms with Gasteiger partial charge in [0, 0.05) is 0 Å². The average Bonchev–Trinajstić information content (AvgIpc) is 2.64. The second-order valence-corrected chi connectivity index (χ2v) is 9.44. The van der Waals surface area contributed by atoms with Gasteiger partial charge in [0.25, 0.3) is 0 Å². The summed E-state index contributed by atoms with van der Waals surface area (Å²) < 4.78 is 31.7. The Bertz CT molecular complexity index is 941. The van der Waals surface area contributed by atoms with Crippen molar-refractivity contribution in [2.75, 3.05) is 23.7 Å². The number of hydrogen-bond acceptors (Lipinski definition) is 4. The number of aryl methyl sites for hydroxylation is 1. The summed E-state index contributed by atoms with van der Waals surface area (Å²) in [4.78, 5) is 12.6. The van der Waals surface area contributed by atoms with Crippen LogP contribution in [0.1, 0.15) is 37.8 Å². The first kappa shape index (κ1) is 22.7. The van der Waals surface area contributed by atoms with Crippen molar-refractivity contribution in [3.05, 3.63) is 59.7 Å². The van der Waals surface area contributed by atoms with Crippen LogP contribution in [0.15, 0.2) is 48.5 Å². The van der Waals surface area contributed by atoms with Gasteiger partial charge in [-0.2, -0.15) is 0 Å². The molecule has 6 nitrogen and oxygen atoms in total. The monoisotopic (exact) mass is 418 g/mol. The lowest BCUT2D eigenvalue weighted by Gasteiger charge is -2.26. The first-order valence-corrected chi connectivity index (χ1v) is 11.5. The Hall–Kier alpha value is -2.54. The van der Waals surface area contributed by atoms with Gasteiger partial charge in [0.1, 0.15) is 18.9 Å². The van der Waals surface area contributed by atoms with Crippen LogP contribution in [0.3, 0.4) is 0 Å². The molecule has 1 atom stereocenters. The largest absolute Gasteiger partial charge is 0.491 e. The van der Waals surface area contributed by atoms with E-state index in [1.165, 1.54) is 0 Å². The van der Waals surface area contributed by atoms with Crippen LogP contribution in [0.4, 0.5) is 5.69 Å². The quantitative estimate of drug-likeness (QED) is 0.677. The molecule has 2 rings (SSSR count). The molecule has 0 heterocycles. The predicted molar refractivity (Wildman–Crippen MR) is 117 cm³/mol. The van der Waals surface area contributed by atoms with Gasteiger partial charge >= 0.3 is 0 Å². The van der Waals surface area contributed by atoms with Gasteiger partial charge in [0.15, 0.2) is 0 Å². The number of nitrogens with zero attached hydrogens (tertiary/aromatic N) is 1. The fourth-order valence-corrected chi connectivity index (χ4v) is 3.88. The molecule has 0 aromatic heterocycles. The van der Waals surface area contributed by atoms with Crippen molar-refractivity contribution in [1.82, 2.24) is 5.32 Å². The highest BCUT2D eigenvalue weighted by Crippen LogP contribution is 2.28. The van der Waals surface area contributed by atoms with Crippen molar-refractivity contribution in [3.63, 3.8) is 0 Å². The maximum absolute atomic E-state index is 12.6.